The molecular formula is C33H31BrCl2F3NO3. The Morgan fingerprint density at radius 2 is 1.51 bits per heavy atom. The lowest BCUT2D eigenvalue weighted by Gasteiger charge is -2.36. The molecule has 0 unspecified atom stereocenters. The second-order valence-electron chi connectivity index (χ2n) is 9.97. The number of carboxylic acid groups (broad SMARTS) is 1. The van der Waals surface area contributed by atoms with Gasteiger partial charge in [0.25, 0.3) is 0 Å². The Kier molecular flexibility index (Phi) is 12.5. The number of rotatable bonds is 13. The van der Waals surface area contributed by atoms with Crippen molar-refractivity contribution >= 4 is 45.9 Å². The van der Waals surface area contributed by atoms with Crippen molar-refractivity contribution in [3.05, 3.63) is 134 Å². The number of benzene rings is 4. The molecule has 228 valence electrons. The van der Waals surface area contributed by atoms with Crippen molar-refractivity contribution in [3.8, 4) is 5.75 Å². The minimum Gasteiger partial charge on any atom is -0.494 e. The highest BCUT2D eigenvalue weighted by molar-refractivity contribution is 9.10. The van der Waals surface area contributed by atoms with E-state index >= 15 is 0 Å². The van der Waals surface area contributed by atoms with Gasteiger partial charge in [-0.2, -0.15) is 13.2 Å². The standard InChI is InChI=1S/C33H30BrClF3NO3.ClH/c34-29-16-15-27(19-24(29)20-30(40)41)42-18-8-17-39-22-32(25-10-3-1-4-11-25,26-12-5-2-6-13-26)21-23-9-7-14-28(31(23)35)33(36,37)38;/h1-7,9-16,19,39H,8,17-18,20-22H2,(H,40,41);1H. The maximum absolute atomic E-state index is 13.7. The van der Waals surface area contributed by atoms with Crippen LogP contribution in [0.5, 0.6) is 5.75 Å². The van der Waals surface area contributed by atoms with Crippen molar-refractivity contribution in [2.24, 2.45) is 0 Å². The van der Waals surface area contributed by atoms with Gasteiger partial charge in [-0.3, -0.25) is 4.79 Å². The largest absolute Gasteiger partial charge is 0.494 e. The lowest BCUT2D eigenvalue weighted by atomic mass is 9.70. The van der Waals surface area contributed by atoms with E-state index in [1.54, 1.807) is 24.3 Å². The van der Waals surface area contributed by atoms with Gasteiger partial charge >= 0.3 is 12.1 Å². The molecule has 4 aromatic rings. The Hall–Kier alpha value is -3.04. The van der Waals surface area contributed by atoms with E-state index < -0.39 is 23.1 Å². The van der Waals surface area contributed by atoms with E-state index in [0.717, 1.165) is 17.2 Å². The molecule has 0 fully saturated rings. The molecule has 4 aromatic carbocycles. The van der Waals surface area contributed by atoms with Crippen LogP contribution in [0.2, 0.25) is 5.02 Å². The molecule has 4 nitrogen and oxygen atoms in total. The van der Waals surface area contributed by atoms with E-state index in [9.17, 15) is 18.0 Å². The van der Waals surface area contributed by atoms with Crippen molar-refractivity contribution in [2.75, 3.05) is 19.7 Å². The van der Waals surface area contributed by atoms with Gasteiger partial charge in [-0.1, -0.05) is 100 Å². The predicted molar refractivity (Wildman–Crippen MR) is 170 cm³/mol. The van der Waals surface area contributed by atoms with Gasteiger partial charge in [0, 0.05) is 16.4 Å². The molecular weight excluding hydrogens is 666 g/mol. The number of hydrogen-bond acceptors (Lipinski definition) is 3. The molecule has 0 aromatic heterocycles. The lowest BCUT2D eigenvalue weighted by molar-refractivity contribution is -0.138. The highest BCUT2D eigenvalue weighted by Crippen LogP contribution is 2.41. The molecule has 0 aliphatic carbocycles. The smallest absolute Gasteiger partial charge is 0.417 e. The molecule has 0 saturated carbocycles. The number of nitrogens with one attached hydrogen (secondary N) is 1. The Morgan fingerprint density at radius 3 is 2.09 bits per heavy atom. The van der Waals surface area contributed by atoms with Gasteiger partial charge in [-0.15, -0.1) is 12.4 Å². The van der Waals surface area contributed by atoms with Crippen LogP contribution in [0.1, 0.15) is 34.2 Å². The van der Waals surface area contributed by atoms with E-state index in [1.165, 1.54) is 6.07 Å². The van der Waals surface area contributed by atoms with Crippen molar-refractivity contribution in [1.29, 1.82) is 0 Å². The summed E-state index contributed by atoms with van der Waals surface area (Å²) >= 11 is 9.76. The Labute approximate surface area is 268 Å². The Bertz CT molecular complexity index is 1450. The van der Waals surface area contributed by atoms with Gasteiger partial charge in [0.1, 0.15) is 5.75 Å². The third-order valence-corrected chi connectivity index (χ3v) is 8.30. The minimum absolute atomic E-state index is 0. The lowest BCUT2D eigenvalue weighted by Crippen LogP contribution is -2.42. The van der Waals surface area contributed by atoms with E-state index in [2.05, 4.69) is 21.2 Å². The molecule has 0 atom stereocenters. The monoisotopic (exact) mass is 695 g/mol. The Balaban J connectivity index is 0.00000506. The predicted octanol–water partition coefficient (Wildman–Crippen LogP) is 8.76. The van der Waals surface area contributed by atoms with Crippen LogP contribution in [0, 0.1) is 0 Å². The zero-order valence-corrected chi connectivity index (χ0v) is 26.2. The maximum Gasteiger partial charge on any atom is 0.417 e. The summed E-state index contributed by atoms with van der Waals surface area (Å²) in [4.78, 5) is 11.1. The molecule has 0 bridgehead atoms. The first kappa shape index (κ1) is 34.5. The first-order chi connectivity index (χ1) is 20.1. The highest BCUT2D eigenvalue weighted by Gasteiger charge is 2.38. The number of aliphatic carboxylic acids is 1. The van der Waals surface area contributed by atoms with Crippen LogP contribution in [0.25, 0.3) is 0 Å². The van der Waals surface area contributed by atoms with Gasteiger partial charge in [0.15, 0.2) is 0 Å². The van der Waals surface area contributed by atoms with Crippen LogP contribution in [0.15, 0.2) is 102 Å². The summed E-state index contributed by atoms with van der Waals surface area (Å²) in [6, 6.07) is 28.8. The first-order valence-electron chi connectivity index (χ1n) is 13.4. The molecule has 0 spiro atoms. The van der Waals surface area contributed by atoms with Crippen LogP contribution in [0.4, 0.5) is 13.2 Å². The highest BCUT2D eigenvalue weighted by atomic mass is 79.9. The molecule has 0 amide bonds. The molecule has 0 radical (unpaired) electrons. The average molecular weight is 697 g/mol. The van der Waals surface area contributed by atoms with Gasteiger partial charge in [0.2, 0.25) is 0 Å². The summed E-state index contributed by atoms with van der Waals surface area (Å²) < 4.78 is 47.7. The number of carboxylic acids is 1. The number of ether oxygens (including phenoxy) is 1. The van der Waals surface area contributed by atoms with Gasteiger partial charge < -0.3 is 15.2 Å². The third-order valence-electron chi connectivity index (χ3n) is 7.08. The van der Waals surface area contributed by atoms with Crippen LogP contribution in [-0.2, 0) is 29.2 Å². The molecule has 43 heavy (non-hydrogen) atoms. The third kappa shape index (κ3) is 8.99. The summed E-state index contributed by atoms with van der Waals surface area (Å²) in [7, 11) is 0. The summed E-state index contributed by atoms with van der Waals surface area (Å²) in [5.74, 6) is -0.347. The van der Waals surface area contributed by atoms with Gasteiger partial charge in [-0.05, 0) is 65.9 Å². The van der Waals surface area contributed by atoms with Crippen LogP contribution < -0.4 is 10.1 Å². The van der Waals surface area contributed by atoms with Crippen LogP contribution >= 0.6 is 39.9 Å². The summed E-state index contributed by atoms with van der Waals surface area (Å²) in [5, 5.41) is 12.3. The van der Waals surface area contributed by atoms with Gasteiger partial charge in [0.05, 0.1) is 23.6 Å². The average Bonchev–Trinajstić information content (AvgIpc) is 2.97. The van der Waals surface area contributed by atoms with Crippen molar-refractivity contribution < 1.29 is 27.8 Å². The molecule has 0 heterocycles. The van der Waals surface area contributed by atoms with E-state index in [1.807, 2.05) is 60.7 Å². The van der Waals surface area contributed by atoms with Crippen molar-refractivity contribution in [1.82, 2.24) is 5.32 Å². The number of halogens is 6. The topological polar surface area (TPSA) is 58.6 Å². The minimum atomic E-state index is -4.56. The van der Waals surface area contributed by atoms with E-state index in [-0.39, 0.29) is 30.3 Å². The fourth-order valence-corrected chi connectivity index (χ4v) is 5.73. The molecule has 4 rings (SSSR count). The molecule has 0 aliphatic heterocycles. The number of alkyl halides is 3. The number of hydrogen-bond donors (Lipinski definition) is 2. The quantitative estimate of drug-likeness (QED) is 0.137. The SMILES string of the molecule is Cl.O=C(O)Cc1cc(OCCCNCC(Cc2cccc(C(F)(F)F)c2Cl)(c2ccccc2)c2ccccc2)ccc1Br. The second-order valence-corrected chi connectivity index (χ2v) is 11.2. The van der Waals surface area contributed by atoms with Crippen molar-refractivity contribution in [3.63, 3.8) is 0 Å². The fourth-order valence-electron chi connectivity index (χ4n) is 5.04. The molecule has 2 N–H and O–H groups in total. The summed E-state index contributed by atoms with van der Waals surface area (Å²) in [6.07, 6.45) is -3.78. The fraction of sp³-hybridized carbons (Fsp3) is 0.242. The Morgan fingerprint density at radius 1 is 0.884 bits per heavy atom. The van der Waals surface area contributed by atoms with Gasteiger partial charge in [-0.25, -0.2) is 0 Å². The van der Waals surface area contributed by atoms with E-state index in [4.69, 9.17) is 21.4 Å². The summed E-state index contributed by atoms with van der Waals surface area (Å²) in [5.41, 5.74) is 1.39. The first-order valence-corrected chi connectivity index (χ1v) is 14.6. The normalized spacial score (nSPS) is 11.6. The molecule has 10 heteroatoms. The van der Waals surface area contributed by atoms with Crippen LogP contribution in [0.3, 0.4) is 0 Å². The molecule has 0 aliphatic rings. The summed E-state index contributed by atoms with van der Waals surface area (Å²) in [6.45, 7) is 1.41. The maximum atomic E-state index is 13.7. The van der Waals surface area contributed by atoms with Crippen LogP contribution in [-0.4, -0.2) is 30.8 Å². The zero-order chi connectivity index (χ0) is 30.2. The van der Waals surface area contributed by atoms with Crippen molar-refractivity contribution in [2.45, 2.75) is 30.9 Å². The zero-order valence-electron chi connectivity index (χ0n) is 23.0. The van der Waals surface area contributed by atoms with E-state index in [0.29, 0.717) is 47.5 Å². The number of carbonyl (C=O) groups is 1. The second kappa shape index (κ2) is 15.6. The molecule has 0 saturated heterocycles.